The number of fused-ring (bicyclic) bond motifs is 1. The molecule has 0 radical (unpaired) electrons. The summed E-state index contributed by atoms with van der Waals surface area (Å²) in [7, 11) is 0. The Bertz CT molecular complexity index is 890. The molecule has 3 heterocycles. The quantitative estimate of drug-likeness (QED) is 0.809. The summed E-state index contributed by atoms with van der Waals surface area (Å²) < 4.78 is 6.19. The Labute approximate surface area is 160 Å². The van der Waals surface area contributed by atoms with Crippen LogP contribution in [0.4, 0.5) is 4.79 Å². The highest BCUT2D eigenvalue weighted by molar-refractivity contribution is 7.18. The molecule has 0 saturated carbocycles. The maximum absolute atomic E-state index is 12.7. The fourth-order valence-electron chi connectivity index (χ4n) is 3.57. The molecule has 0 unspecified atom stereocenters. The SMILES string of the molecule is CC1(C)OC(=O)N(CC(=O)N2CCC[C@H](c3nc4ccccc4s3)C2)C1=O. The van der Waals surface area contributed by atoms with Crippen molar-refractivity contribution in [2.75, 3.05) is 19.6 Å². The largest absolute Gasteiger partial charge is 0.433 e. The summed E-state index contributed by atoms with van der Waals surface area (Å²) in [6.07, 6.45) is 1.09. The molecule has 4 rings (SSSR count). The fraction of sp³-hybridized carbons (Fsp3) is 0.474. The number of hydrogen-bond donors (Lipinski definition) is 0. The number of rotatable bonds is 3. The summed E-state index contributed by atoms with van der Waals surface area (Å²) >= 11 is 1.66. The fourth-order valence-corrected chi connectivity index (χ4v) is 4.66. The van der Waals surface area contributed by atoms with Crippen LogP contribution in [0.1, 0.15) is 37.6 Å². The standard InChI is InChI=1S/C19H21N3O4S/c1-19(2)17(24)22(18(25)26-19)11-15(23)21-9-5-6-12(10-21)16-20-13-7-3-4-8-14(13)27-16/h3-4,7-8,12H,5-6,9-11H2,1-2H3/t12-/m0/s1. The third-order valence-electron chi connectivity index (χ3n) is 5.05. The number of likely N-dealkylation sites (tertiary alicyclic amines) is 1. The normalized spacial score (nSPS) is 22.4. The van der Waals surface area contributed by atoms with Crippen LogP contribution in [0.15, 0.2) is 24.3 Å². The molecular formula is C19H21N3O4S. The van der Waals surface area contributed by atoms with Crippen molar-refractivity contribution in [3.63, 3.8) is 0 Å². The average Bonchev–Trinajstić information content (AvgIpc) is 3.16. The number of nitrogens with zero attached hydrogens (tertiary/aromatic N) is 3. The van der Waals surface area contributed by atoms with E-state index in [0.29, 0.717) is 13.1 Å². The second-order valence-corrected chi connectivity index (χ2v) is 8.53. The third-order valence-corrected chi connectivity index (χ3v) is 6.25. The number of benzene rings is 1. The summed E-state index contributed by atoms with van der Waals surface area (Å²) in [6.45, 7) is 3.97. The lowest BCUT2D eigenvalue weighted by molar-refractivity contribution is -0.140. The van der Waals surface area contributed by atoms with Crippen LogP contribution in [-0.4, -0.2) is 57.9 Å². The number of amides is 3. The van der Waals surface area contributed by atoms with Crippen molar-refractivity contribution in [1.29, 1.82) is 0 Å². The van der Waals surface area contributed by atoms with E-state index in [1.54, 1.807) is 16.2 Å². The molecular weight excluding hydrogens is 366 g/mol. The summed E-state index contributed by atoms with van der Waals surface area (Å²) in [5, 5.41) is 1.03. The lowest BCUT2D eigenvalue weighted by atomic mass is 9.98. The van der Waals surface area contributed by atoms with E-state index in [2.05, 4.69) is 6.07 Å². The molecule has 142 valence electrons. The van der Waals surface area contributed by atoms with E-state index in [-0.39, 0.29) is 18.4 Å². The maximum Gasteiger partial charge on any atom is 0.418 e. The Morgan fingerprint density at radius 3 is 2.81 bits per heavy atom. The zero-order valence-electron chi connectivity index (χ0n) is 15.3. The van der Waals surface area contributed by atoms with Crippen LogP contribution in [0.25, 0.3) is 10.2 Å². The lowest BCUT2D eigenvalue weighted by Gasteiger charge is -2.32. The molecule has 2 saturated heterocycles. The summed E-state index contributed by atoms with van der Waals surface area (Å²) in [6, 6.07) is 8.01. The van der Waals surface area contributed by atoms with Crippen LogP contribution in [0.5, 0.6) is 0 Å². The van der Waals surface area contributed by atoms with Crippen LogP contribution in [0.2, 0.25) is 0 Å². The lowest BCUT2D eigenvalue weighted by Crippen LogP contribution is -2.47. The van der Waals surface area contributed by atoms with E-state index in [0.717, 1.165) is 33.0 Å². The van der Waals surface area contributed by atoms with Crippen molar-refractivity contribution >= 4 is 39.5 Å². The minimum atomic E-state index is -1.21. The number of piperidine rings is 1. The molecule has 0 bridgehead atoms. The van der Waals surface area contributed by atoms with Gasteiger partial charge in [0.25, 0.3) is 5.91 Å². The number of ether oxygens (including phenoxy) is 1. The smallest absolute Gasteiger partial charge is 0.418 e. The van der Waals surface area contributed by atoms with E-state index >= 15 is 0 Å². The van der Waals surface area contributed by atoms with E-state index in [1.165, 1.54) is 13.8 Å². The highest BCUT2D eigenvalue weighted by Crippen LogP contribution is 2.33. The highest BCUT2D eigenvalue weighted by atomic mass is 32.1. The van der Waals surface area contributed by atoms with Crippen molar-refractivity contribution in [2.24, 2.45) is 0 Å². The second-order valence-electron chi connectivity index (χ2n) is 7.47. The third kappa shape index (κ3) is 3.29. The van der Waals surface area contributed by atoms with Gasteiger partial charge in [-0.25, -0.2) is 14.7 Å². The second kappa shape index (κ2) is 6.60. The number of hydrogen-bond acceptors (Lipinski definition) is 6. The monoisotopic (exact) mass is 387 g/mol. The van der Waals surface area contributed by atoms with E-state index in [1.807, 2.05) is 18.2 Å². The number of imide groups is 1. The van der Waals surface area contributed by atoms with Gasteiger partial charge in [0, 0.05) is 19.0 Å². The van der Waals surface area contributed by atoms with Gasteiger partial charge in [-0.1, -0.05) is 12.1 Å². The average molecular weight is 387 g/mol. The molecule has 0 N–H and O–H groups in total. The van der Waals surface area contributed by atoms with Crippen molar-refractivity contribution in [1.82, 2.24) is 14.8 Å². The number of aromatic nitrogens is 1. The van der Waals surface area contributed by atoms with Crippen molar-refractivity contribution < 1.29 is 19.1 Å². The highest BCUT2D eigenvalue weighted by Gasteiger charge is 2.48. The van der Waals surface area contributed by atoms with Gasteiger partial charge in [-0.05, 0) is 38.8 Å². The molecule has 2 aliphatic heterocycles. The van der Waals surface area contributed by atoms with Gasteiger partial charge in [0.1, 0.15) is 6.54 Å². The Balaban J connectivity index is 1.45. The molecule has 1 aromatic carbocycles. The molecule has 1 aromatic heterocycles. The number of cyclic esters (lactones) is 1. The van der Waals surface area contributed by atoms with Gasteiger partial charge in [-0.15, -0.1) is 11.3 Å². The van der Waals surface area contributed by atoms with Crippen LogP contribution in [0.3, 0.4) is 0 Å². The Morgan fingerprint density at radius 2 is 2.11 bits per heavy atom. The number of para-hydroxylation sites is 1. The van der Waals surface area contributed by atoms with E-state index in [9.17, 15) is 14.4 Å². The van der Waals surface area contributed by atoms with Gasteiger partial charge in [0.05, 0.1) is 15.2 Å². The van der Waals surface area contributed by atoms with Crippen molar-refractivity contribution in [3.05, 3.63) is 29.3 Å². The van der Waals surface area contributed by atoms with Crippen molar-refractivity contribution in [3.8, 4) is 0 Å². The van der Waals surface area contributed by atoms with Gasteiger partial charge in [0.2, 0.25) is 5.91 Å². The number of carbonyl (C=O) groups is 3. The van der Waals surface area contributed by atoms with Crippen LogP contribution < -0.4 is 0 Å². The number of carbonyl (C=O) groups excluding carboxylic acids is 3. The van der Waals surface area contributed by atoms with Gasteiger partial charge in [-0.3, -0.25) is 9.59 Å². The summed E-state index contributed by atoms with van der Waals surface area (Å²) in [4.78, 5) is 44.2. The molecule has 2 fully saturated rings. The predicted octanol–water partition coefficient (Wildman–Crippen LogP) is 2.76. The first-order valence-electron chi connectivity index (χ1n) is 9.03. The van der Waals surface area contributed by atoms with E-state index in [4.69, 9.17) is 9.72 Å². The summed E-state index contributed by atoms with van der Waals surface area (Å²) in [5.74, 6) is -0.526. The minimum Gasteiger partial charge on any atom is -0.433 e. The molecule has 8 heteroatoms. The zero-order valence-corrected chi connectivity index (χ0v) is 16.1. The Hall–Kier alpha value is -2.48. The Morgan fingerprint density at radius 1 is 1.33 bits per heavy atom. The van der Waals surface area contributed by atoms with Gasteiger partial charge in [-0.2, -0.15) is 0 Å². The van der Waals surface area contributed by atoms with E-state index < -0.39 is 17.6 Å². The molecule has 2 aliphatic rings. The number of thiazole rings is 1. The first-order chi connectivity index (χ1) is 12.8. The molecule has 2 aromatic rings. The molecule has 0 aliphatic carbocycles. The van der Waals surface area contributed by atoms with Gasteiger partial charge < -0.3 is 9.64 Å². The molecule has 1 atom stereocenters. The van der Waals surface area contributed by atoms with Crippen LogP contribution in [0, 0.1) is 0 Å². The van der Waals surface area contributed by atoms with Crippen molar-refractivity contribution in [2.45, 2.75) is 38.2 Å². The Kier molecular flexibility index (Phi) is 4.38. The van der Waals surface area contributed by atoms with Crippen LogP contribution >= 0.6 is 11.3 Å². The first-order valence-corrected chi connectivity index (χ1v) is 9.85. The molecule has 0 spiro atoms. The first kappa shape index (κ1) is 17.9. The van der Waals surface area contributed by atoms with Crippen LogP contribution in [-0.2, 0) is 14.3 Å². The molecule has 27 heavy (non-hydrogen) atoms. The molecule has 3 amide bonds. The maximum atomic E-state index is 12.7. The zero-order chi connectivity index (χ0) is 19.2. The van der Waals surface area contributed by atoms with Gasteiger partial charge in [0.15, 0.2) is 5.60 Å². The van der Waals surface area contributed by atoms with Gasteiger partial charge >= 0.3 is 6.09 Å². The summed E-state index contributed by atoms with van der Waals surface area (Å²) in [5.41, 5.74) is -0.225. The predicted molar refractivity (Wildman–Crippen MR) is 100 cm³/mol. The minimum absolute atomic E-state index is 0.178. The molecule has 7 nitrogen and oxygen atoms in total. The topological polar surface area (TPSA) is 79.8 Å².